The lowest BCUT2D eigenvalue weighted by Gasteiger charge is -2.18. The highest BCUT2D eigenvalue weighted by molar-refractivity contribution is 9.11. The topological polar surface area (TPSA) is 35.5 Å². The third-order valence-corrected chi connectivity index (χ3v) is 4.23. The number of benzene rings is 1. The Morgan fingerprint density at radius 3 is 2.63 bits per heavy atom. The van der Waals surface area contributed by atoms with Crippen LogP contribution in [0.5, 0.6) is 5.75 Å². The number of halogens is 2. The van der Waals surface area contributed by atoms with Crippen LogP contribution in [0.4, 0.5) is 0 Å². The molecule has 0 saturated heterocycles. The van der Waals surface area contributed by atoms with E-state index in [1.165, 1.54) is 0 Å². The Balaban J connectivity index is 1.92. The molecule has 0 bridgehead atoms. The smallest absolute Gasteiger partial charge is 0.347 e. The monoisotopic (exact) mass is 390 g/mol. The van der Waals surface area contributed by atoms with E-state index in [2.05, 4.69) is 31.9 Å². The molecule has 1 saturated carbocycles. The molecule has 2 rings (SSSR count). The van der Waals surface area contributed by atoms with Crippen molar-refractivity contribution in [2.24, 2.45) is 0 Å². The van der Waals surface area contributed by atoms with Gasteiger partial charge in [0.1, 0.15) is 11.9 Å². The Labute approximate surface area is 129 Å². The molecule has 1 fully saturated rings. The molecule has 0 N–H and O–H groups in total. The predicted molar refractivity (Wildman–Crippen MR) is 80.3 cm³/mol. The molecule has 104 valence electrons. The predicted octanol–water partition coefficient (Wildman–Crippen LogP) is 4.46. The molecular formula is C14H16Br2O3. The van der Waals surface area contributed by atoms with E-state index in [1.807, 2.05) is 18.2 Å². The van der Waals surface area contributed by atoms with E-state index in [-0.39, 0.29) is 12.1 Å². The third kappa shape index (κ3) is 4.21. The average Bonchev–Trinajstić information content (AvgIpc) is 2.85. The standard InChI is InChI=1S/C14H16Br2O3/c1-9(14(17)19-11-4-2-3-5-11)18-13-7-6-10(15)8-12(13)16/h6-9,11H,2-5H2,1H3. The summed E-state index contributed by atoms with van der Waals surface area (Å²) in [4.78, 5) is 11.9. The van der Waals surface area contributed by atoms with Crippen molar-refractivity contribution in [3.8, 4) is 5.75 Å². The van der Waals surface area contributed by atoms with Gasteiger partial charge < -0.3 is 9.47 Å². The molecule has 0 amide bonds. The maximum absolute atomic E-state index is 11.9. The summed E-state index contributed by atoms with van der Waals surface area (Å²) in [6.07, 6.45) is 3.71. The van der Waals surface area contributed by atoms with Gasteiger partial charge >= 0.3 is 5.97 Å². The summed E-state index contributed by atoms with van der Waals surface area (Å²) in [7, 11) is 0. The first-order valence-electron chi connectivity index (χ1n) is 6.38. The first-order chi connectivity index (χ1) is 9.06. The van der Waals surface area contributed by atoms with Gasteiger partial charge in [-0.15, -0.1) is 0 Å². The zero-order valence-electron chi connectivity index (χ0n) is 10.7. The zero-order chi connectivity index (χ0) is 13.8. The lowest BCUT2D eigenvalue weighted by molar-refractivity contribution is -0.156. The fraction of sp³-hybridized carbons (Fsp3) is 0.500. The van der Waals surface area contributed by atoms with Gasteiger partial charge in [0.05, 0.1) is 4.47 Å². The fourth-order valence-corrected chi connectivity index (χ4v) is 3.22. The second kappa shape index (κ2) is 6.75. The van der Waals surface area contributed by atoms with Crippen LogP contribution < -0.4 is 4.74 Å². The minimum absolute atomic E-state index is 0.0758. The highest BCUT2D eigenvalue weighted by Gasteiger charge is 2.24. The van der Waals surface area contributed by atoms with Crippen molar-refractivity contribution in [1.82, 2.24) is 0 Å². The molecule has 0 aliphatic heterocycles. The Morgan fingerprint density at radius 2 is 2.00 bits per heavy atom. The molecule has 1 unspecified atom stereocenters. The van der Waals surface area contributed by atoms with E-state index < -0.39 is 6.10 Å². The van der Waals surface area contributed by atoms with Gasteiger partial charge in [-0.2, -0.15) is 0 Å². The summed E-state index contributed by atoms with van der Waals surface area (Å²) in [6.45, 7) is 1.71. The highest BCUT2D eigenvalue weighted by Crippen LogP contribution is 2.29. The van der Waals surface area contributed by atoms with Crippen LogP contribution in [0.15, 0.2) is 27.1 Å². The Bertz CT molecular complexity index is 456. The van der Waals surface area contributed by atoms with E-state index in [4.69, 9.17) is 9.47 Å². The Hall–Kier alpha value is -0.550. The number of hydrogen-bond donors (Lipinski definition) is 0. The molecule has 5 heteroatoms. The Morgan fingerprint density at radius 1 is 1.32 bits per heavy atom. The van der Waals surface area contributed by atoms with E-state index >= 15 is 0 Å². The molecule has 1 aromatic rings. The third-order valence-electron chi connectivity index (χ3n) is 3.11. The number of hydrogen-bond acceptors (Lipinski definition) is 3. The van der Waals surface area contributed by atoms with Crippen LogP contribution in [-0.2, 0) is 9.53 Å². The number of ether oxygens (including phenoxy) is 2. The maximum atomic E-state index is 11.9. The van der Waals surface area contributed by atoms with Crippen LogP contribution in [0.1, 0.15) is 32.6 Å². The maximum Gasteiger partial charge on any atom is 0.347 e. The number of carbonyl (C=O) groups excluding carboxylic acids is 1. The zero-order valence-corrected chi connectivity index (χ0v) is 13.9. The molecule has 1 aliphatic rings. The minimum atomic E-state index is -0.599. The van der Waals surface area contributed by atoms with Crippen LogP contribution in [0.2, 0.25) is 0 Å². The quantitative estimate of drug-likeness (QED) is 0.710. The first kappa shape index (κ1) is 14.9. The average molecular weight is 392 g/mol. The fourth-order valence-electron chi connectivity index (χ4n) is 2.08. The largest absolute Gasteiger partial charge is 0.478 e. The van der Waals surface area contributed by atoms with Crippen molar-refractivity contribution in [3.63, 3.8) is 0 Å². The lowest BCUT2D eigenvalue weighted by atomic mass is 10.3. The summed E-state index contributed by atoms with van der Waals surface area (Å²) in [5.74, 6) is 0.348. The molecule has 1 aromatic carbocycles. The molecule has 0 radical (unpaired) electrons. The van der Waals surface area contributed by atoms with Crippen LogP contribution in [0.3, 0.4) is 0 Å². The van der Waals surface area contributed by atoms with Crippen LogP contribution in [-0.4, -0.2) is 18.2 Å². The van der Waals surface area contributed by atoms with E-state index in [1.54, 1.807) is 6.92 Å². The first-order valence-corrected chi connectivity index (χ1v) is 7.97. The van der Waals surface area contributed by atoms with Gasteiger partial charge in [0, 0.05) is 4.47 Å². The summed E-state index contributed by atoms with van der Waals surface area (Å²) in [6, 6.07) is 5.56. The molecule has 0 spiro atoms. The van der Waals surface area contributed by atoms with Crippen molar-refractivity contribution in [2.75, 3.05) is 0 Å². The summed E-state index contributed by atoms with van der Waals surface area (Å²) < 4.78 is 12.8. The molecule has 19 heavy (non-hydrogen) atoms. The van der Waals surface area contributed by atoms with Gasteiger partial charge in [-0.05, 0) is 66.7 Å². The molecule has 0 aromatic heterocycles. The van der Waals surface area contributed by atoms with Crippen molar-refractivity contribution in [2.45, 2.75) is 44.8 Å². The van der Waals surface area contributed by atoms with Gasteiger partial charge in [-0.25, -0.2) is 4.79 Å². The van der Waals surface area contributed by atoms with Gasteiger partial charge in [0.2, 0.25) is 0 Å². The van der Waals surface area contributed by atoms with Gasteiger partial charge in [-0.1, -0.05) is 15.9 Å². The van der Waals surface area contributed by atoms with Crippen molar-refractivity contribution < 1.29 is 14.3 Å². The second-order valence-corrected chi connectivity index (χ2v) is 6.45. The molecular weight excluding hydrogens is 376 g/mol. The van der Waals surface area contributed by atoms with E-state index in [9.17, 15) is 4.79 Å². The molecule has 1 aliphatic carbocycles. The van der Waals surface area contributed by atoms with Gasteiger partial charge in [-0.3, -0.25) is 0 Å². The minimum Gasteiger partial charge on any atom is -0.478 e. The van der Waals surface area contributed by atoms with E-state index in [0.717, 1.165) is 34.6 Å². The van der Waals surface area contributed by atoms with Crippen LogP contribution in [0, 0.1) is 0 Å². The Kier molecular flexibility index (Phi) is 5.28. The number of esters is 1. The second-order valence-electron chi connectivity index (χ2n) is 4.68. The summed E-state index contributed by atoms with van der Waals surface area (Å²) in [5, 5.41) is 0. The van der Waals surface area contributed by atoms with Crippen molar-refractivity contribution >= 4 is 37.8 Å². The SMILES string of the molecule is CC(Oc1ccc(Br)cc1Br)C(=O)OC1CCCC1. The number of rotatable bonds is 4. The van der Waals surface area contributed by atoms with Gasteiger partial charge in [0.15, 0.2) is 6.10 Å². The molecule has 0 heterocycles. The highest BCUT2D eigenvalue weighted by atomic mass is 79.9. The number of carbonyl (C=O) groups is 1. The lowest BCUT2D eigenvalue weighted by Crippen LogP contribution is -2.29. The summed E-state index contributed by atoms with van der Waals surface area (Å²) >= 11 is 6.78. The van der Waals surface area contributed by atoms with E-state index in [0.29, 0.717) is 5.75 Å². The van der Waals surface area contributed by atoms with Crippen molar-refractivity contribution in [3.05, 3.63) is 27.1 Å². The van der Waals surface area contributed by atoms with Crippen LogP contribution >= 0.6 is 31.9 Å². The molecule has 3 nitrogen and oxygen atoms in total. The normalized spacial score (nSPS) is 17.2. The summed E-state index contributed by atoms with van der Waals surface area (Å²) in [5.41, 5.74) is 0. The van der Waals surface area contributed by atoms with Crippen LogP contribution in [0.25, 0.3) is 0 Å². The van der Waals surface area contributed by atoms with Crippen molar-refractivity contribution in [1.29, 1.82) is 0 Å². The van der Waals surface area contributed by atoms with Gasteiger partial charge in [0.25, 0.3) is 0 Å². The molecule has 1 atom stereocenters.